The standard InChI is InChI=1S/C72H133N2O6P/c1-6-8-10-12-14-16-18-20-22-24-26-28-30-32-33-34-35-36-37-38-39-40-41-42-44-46-48-50-52-54-56-58-60-62-64-66-72(76)73-70(69-80-81(77,78)79-68-67-74(3,4)5)71(75)65-63-61-59-57-55-53-51-49-47-45-43-31-29-27-25-23-21-19-17-15-13-11-9-7-2/h8,10,14,16,20,22,26,28,32-33,35-36,63,65,70-71,75H,6-7,9,11-13,15,17-19,21,23-25,27,29-31,34,37-62,64,66-69H2,1-5H3,(H-,73,76,77,78)/p+1/b10-8-,16-14-,22-20-,28-26-,33-32-,36-35-,65-63+. The second kappa shape index (κ2) is 62.2. The van der Waals surface area contributed by atoms with E-state index in [1.165, 1.54) is 218 Å². The molecule has 0 aliphatic carbocycles. The van der Waals surface area contributed by atoms with Gasteiger partial charge in [-0.1, -0.05) is 324 Å². The summed E-state index contributed by atoms with van der Waals surface area (Å²) in [4.78, 5) is 23.4. The molecule has 1 amide bonds. The normalized spacial score (nSPS) is 14.2. The number of nitrogens with one attached hydrogen (secondary N) is 1. The molecule has 0 spiro atoms. The lowest BCUT2D eigenvalue weighted by Crippen LogP contribution is -2.45. The van der Waals surface area contributed by atoms with E-state index >= 15 is 0 Å². The van der Waals surface area contributed by atoms with Crippen LogP contribution in [0.5, 0.6) is 0 Å². The summed E-state index contributed by atoms with van der Waals surface area (Å²) in [7, 11) is 1.58. The highest BCUT2D eigenvalue weighted by Gasteiger charge is 2.28. The molecular formula is C72H134N2O6P+. The van der Waals surface area contributed by atoms with E-state index in [4.69, 9.17) is 9.05 Å². The first kappa shape index (κ1) is 78.7. The second-order valence-electron chi connectivity index (χ2n) is 24.5. The summed E-state index contributed by atoms with van der Waals surface area (Å²) in [6.45, 7) is 4.74. The smallest absolute Gasteiger partial charge is 0.387 e. The van der Waals surface area contributed by atoms with Crippen LogP contribution in [-0.2, 0) is 18.4 Å². The Bertz CT molecular complexity index is 1600. The molecule has 472 valence electrons. The molecule has 0 radical (unpaired) electrons. The lowest BCUT2D eigenvalue weighted by Gasteiger charge is -2.25. The summed E-state index contributed by atoms with van der Waals surface area (Å²) in [5.74, 6) is -0.175. The molecule has 0 saturated heterocycles. The highest BCUT2D eigenvalue weighted by Crippen LogP contribution is 2.43. The van der Waals surface area contributed by atoms with E-state index in [2.05, 4.69) is 92.1 Å². The van der Waals surface area contributed by atoms with Gasteiger partial charge in [-0.05, 0) is 70.6 Å². The summed E-state index contributed by atoms with van der Waals surface area (Å²) in [5, 5.41) is 14.0. The molecule has 0 fully saturated rings. The third-order valence-corrected chi connectivity index (χ3v) is 16.4. The van der Waals surface area contributed by atoms with Gasteiger partial charge < -0.3 is 19.8 Å². The predicted octanol–water partition coefficient (Wildman–Crippen LogP) is 21.9. The molecule has 0 aliphatic rings. The molecule has 0 heterocycles. The molecule has 0 saturated carbocycles. The van der Waals surface area contributed by atoms with Gasteiger partial charge in [-0.25, -0.2) is 4.57 Å². The Hall–Kier alpha value is -2.32. The average Bonchev–Trinajstić information content (AvgIpc) is 3.43. The van der Waals surface area contributed by atoms with Gasteiger partial charge in [-0.3, -0.25) is 13.8 Å². The predicted molar refractivity (Wildman–Crippen MR) is 355 cm³/mol. The van der Waals surface area contributed by atoms with Crippen LogP contribution in [-0.4, -0.2) is 73.4 Å². The first-order chi connectivity index (χ1) is 39.5. The number of phosphoric ester groups is 1. The van der Waals surface area contributed by atoms with E-state index in [0.29, 0.717) is 17.4 Å². The van der Waals surface area contributed by atoms with Gasteiger partial charge in [0, 0.05) is 6.42 Å². The van der Waals surface area contributed by atoms with Crippen molar-refractivity contribution in [1.29, 1.82) is 0 Å². The minimum absolute atomic E-state index is 0.0603. The van der Waals surface area contributed by atoms with E-state index in [0.717, 1.165) is 77.0 Å². The average molecular weight is 1150 g/mol. The topological polar surface area (TPSA) is 105 Å². The molecule has 0 aromatic carbocycles. The molecule has 9 heteroatoms. The summed E-state index contributed by atoms with van der Waals surface area (Å²) in [6.07, 6.45) is 88.6. The summed E-state index contributed by atoms with van der Waals surface area (Å²) in [6, 6.07) is -0.851. The molecule has 0 aliphatic heterocycles. The van der Waals surface area contributed by atoms with Crippen LogP contribution in [0.2, 0.25) is 0 Å². The molecule has 0 bridgehead atoms. The van der Waals surface area contributed by atoms with Crippen LogP contribution >= 0.6 is 7.82 Å². The third kappa shape index (κ3) is 65.1. The largest absolute Gasteiger partial charge is 0.472 e. The molecule has 0 aromatic rings. The highest BCUT2D eigenvalue weighted by molar-refractivity contribution is 7.47. The number of likely N-dealkylation sites (N-methyl/N-ethyl adjacent to an activating group) is 1. The monoisotopic (exact) mass is 1150 g/mol. The van der Waals surface area contributed by atoms with Crippen LogP contribution in [0.4, 0.5) is 0 Å². The fourth-order valence-corrected chi connectivity index (χ4v) is 10.8. The molecule has 0 rings (SSSR count). The summed E-state index contributed by atoms with van der Waals surface area (Å²) >= 11 is 0. The highest BCUT2D eigenvalue weighted by atomic mass is 31.2. The number of aliphatic hydroxyl groups excluding tert-OH is 1. The van der Waals surface area contributed by atoms with Gasteiger partial charge in [0.1, 0.15) is 13.2 Å². The Morgan fingerprint density at radius 2 is 0.741 bits per heavy atom. The Kier molecular flexibility index (Phi) is 60.4. The van der Waals surface area contributed by atoms with Crippen LogP contribution in [0, 0.1) is 0 Å². The fourth-order valence-electron chi connectivity index (χ4n) is 10.0. The lowest BCUT2D eigenvalue weighted by molar-refractivity contribution is -0.870. The lowest BCUT2D eigenvalue weighted by atomic mass is 10.0. The molecule has 3 atom stereocenters. The number of phosphoric acid groups is 1. The number of nitrogens with zero attached hydrogens (tertiary/aromatic N) is 1. The van der Waals surface area contributed by atoms with E-state index in [1.54, 1.807) is 6.08 Å². The maximum absolute atomic E-state index is 13.1. The van der Waals surface area contributed by atoms with E-state index in [9.17, 15) is 19.4 Å². The van der Waals surface area contributed by atoms with Gasteiger partial charge in [0.25, 0.3) is 0 Å². The molecule has 81 heavy (non-hydrogen) atoms. The Balaban J connectivity index is 4.07. The van der Waals surface area contributed by atoms with Gasteiger partial charge in [-0.15, -0.1) is 0 Å². The summed E-state index contributed by atoms with van der Waals surface area (Å²) in [5.41, 5.74) is 0. The van der Waals surface area contributed by atoms with Crippen LogP contribution in [0.15, 0.2) is 85.1 Å². The minimum atomic E-state index is -4.36. The van der Waals surface area contributed by atoms with Crippen molar-refractivity contribution in [1.82, 2.24) is 5.32 Å². The zero-order valence-corrected chi connectivity index (χ0v) is 54.9. The Morgan fingerprint density at radius 3 is 1.09 bits per heavy atom. The first-order valence-electron chi connectivity index (χ1n) is 34.5. The zero-order valence-electron chi connectivity index (χ0n) is 54.0. The van der Waals surface area contributed by atoms with Gasteiger partial charge in [0.05, 0.1) is 39.9 Å². The third-order valence-electron chi connectivity index (χ3n) is 15.4. The number of unbranched alkanes of at least 4 members (excludes halogenated alkanes) is 38. The van der Waals surface area contributed by atoms with Crippen molar-refractivity contribution in [3.8, 4) is 0 Å². The van der Waals surface area contributed by atoms with Crippen molar-refractivity contribution < 1.29 is 32.9 Å². The van der Waals surface area contributed by atoms with Crippen molar-refractivity contribution in [3.63, 3.8) is 0 Å². The number of amides is 1. The minimum Gasteiger partial charge on any atom is -0.387 e. The van der Waals surface area contributed by atoms with Crippen molar-refractivity contribution in [2.45, 2.75) is 328 Å². The van der Waals surface area contributed by atoms with Gasteiger partial charge in [-0.2, -0.15) is 0 Å². The number of carbonyl (C=O) groups is 1. The van der Waals surface area contributed by atoms with Crippen molar-refractivity contribution >= 4 is 13.7 Å². The molecule has 3 N–H and O–H groups in total. The van der Waals surface area contributed by atoms with Gasteiger partial charge >= 0.3 is 7.82 Å². The van der Waals surface area contributed by atoms with E-state index in [1.807, 2.05) is 27.2 Å². The van der Waals surface area contributed by atoms with Gasteiger partial charge in [0.2, 0.25) is 5.91 Å². The fraction of sp³-hybridized carbons (Fsp3) is 0.792. The number of hydrogen-bond donors (Lipinski definition) is 3. The Morgan fingerprint density at radius 1 is 0.432 bits per heavy atom. The maximum Gasteiger partial charge on any atom is 0.472 e. The summed E-state index contributed by atoms with van der Waals surface area (Å²) < 4.78 is 23.8. The second-order valence-corrected chi connectivity index (χ2v) is 26.0. The maximum atomic E-state index is 13.1. The molecule has 3 unspecified atom stereocenters. The van der Waals surface area contributed by atoms with E-state index in [-0.39, 0.29) is 19.1 Å². The Labute approximate surface area is 503 Å². The molecule has 8 nitrogen and oxygen atoms in total. The molecular weight excluding hydrogens is 1020 g/mol. The van der Waals surface area contributed by atoms with E-state index < -0.39 is 20.0 Å². The first-order valence-corrected chi connectivity index (χ1v) is 36.0. The number of allylic oxidation sites excluding steroid dienone is 13. The molecule has 0 aromatic heterocycles. The van der Waals surface area contributed by atoms with Crippen molar-refractivity contribution in [3.05, 3.63) is 85.1 Å². The van der Waals surface area contributed by atoms with Gasteiger partial charge in [0.15, 0.2) is 0 Å². The quantitative estimate of drug-likeness (QED) is 0.0243. The number of rotatable bonds is 63. The van der Waals surface area contributed by atoms with Crippen molar-refractivity contribution in [2.75, 3.05) is 40.9 Å². The number of hydrogen-bond acceptors (Lipinski definition) is 5. The van der Waals surface area contributed by atoms with Crippen LogP contribution in [0.25, 0.3) is 0 Å². The number of aliphatic hydroxyl groups is 1. The number of carbonyl (C=O) groups excluding carboxylic acids is 1. The SMILES string of the molecule is CC/C=C\C/C=C\C/C=C\C/C=C\C/C=C\C/C=C\CCCCCCCCCCCCCCCCCCC(=O)NC(COP(=O)(O)OCC[N+](C)(C)C)C(O)/C=C/CCCCCCCCCCCCCCCCCCCCCCCC. The van der Waals surface area contributed by atoms with Crippen LogP contribution in [0.3, 0.4) is 0 Å². The van der Waals surface area contributed by atoms with Crippen LogP contribution < -0.4 is 5.32 Å². The number of quaternary nitrogens is 1. The van der Waals surface area contributed by atoms with Crippen molar-refractivity contribution in [2.24, 2.45) is 0 Å². The zero-order chi connectivity index (χ0) is 59.1. The van der Waals surface area contributed by atoms with Crippen LogP contribution in [0.1, 0.15) is 316 Å².